The number of benzene rings is 2. The van der Waals surface area contributed by atoms with E-state index >= 15 is 0 Å². The SMILES string of the molecule is Cc1nccnc1-c1ccc(-c2ccccc2)cc1. The van der Waals surface area contributed by atoms with E-state index in [2.05, 4.69) is 58.5 Å². The molecule has 0 radical (unpaired) electrons. The second-order valence-electron chi connectivity index (χ2n) is 4.43. The predicted molar refractivity (Wildman–Crippen MR) is 77.6 cm³/mol. The Hall–Kier alpha value is -2.48. The zero-order valence-corrected chi connectivity index (χ0v) is 10.7. The Morgan fingerprint density at radius 2 is 1.21 bits per heavy atom. The van der Waals surface area contributed by atoms with Crippen LogP contribution in [0.3, 0.4) is 0 Å². The average molecular weight is 246 g/mol. The highest BCUT2D eigenvalue weighted by Gasteiger charge is 2.04. The van der Waals surface area contributed by atoms with E-state index in [0.29, 0.717) is 0 Å². The number of aryl methyl sites for hydroxylation is 1. The van der Waals surface area contributed by atoms with Gasteiger partial charge in [-0.3, -0.25) is 9.97 Å². The molecule has 3 aromatic rings. The first-order valence-electron chi connectivity index (χ1n) is 6.28. The van der Waals surface area contributed by atoms with Crippen LogP contribution in [0.25, 0.3) is 22.4 Å². The van der Waals surface area contributed by atoms with Gasteiger partial charge in [-0.05, 0) is 18.1 Å². The number of rotatable bonds is 2. The molecule has 0 aliphatic carbocycles. The van der Waals surface area contributed by atoms with E-state index in [0.717, 1.165) is 17.0 Å². The van der Waals surface area contributed by atoms with E-state index in [1.807, 2.05) is 13.0 Å². The zero-order chi connectivity index (χ0) is 13.1. The van der Waals surface area contributed by atoms with Crippen LogP contribution in [-0.4, -0.2) is 9.97 Å². The van der Waals surface area contributed by atoms with Gasteiger partial charge in [0.25, 0.3) is 0 Å². The molecule has 0 amide bonds. The maximum Gasteiger partial charge on any atom is 0.0914 e. The van der Waals surface area contributed by atoms with Crippen LogP contribution in [0.15, 0.2) is 67.0 Å². The first-order valence-corrected chi connectivity index (χ1v) is 6.28. The van der Waals surface area contributed by atoms with Crippen LogP contribution in [0.2, 0.25) is 0 Å². The molecule has 3 rings (SSSR count). The number of hydrogen-bond acceptors (Lipinski definition) is 2. The van der Waals surface area contributed by atoms with Gasteiger partial charge in [0.15, 0.2) is 0 Å². The lowest BCUT2D eigenvalue weighted by molar-refractivity contribution is 1.12. The first-order chi connectivity index (χ1) is 9.34. The van der Waals surface area contributed by atoms with Gasteiger partial charge in [0, 0.05) is 18.0 Å². The van der Waals surface area contributed by atoms with E-state index in [-0.39, 0.29) is 0 Å². The number of aromatic nitrogens is 2. The Kier molecular flexibility index (Phi) is 3.07. The molecule has 92 valence electrons. The largest absolute Gasteiger partial charge is 0.258 e. The van der Waals surface area contributed by atoms with Crippen molar-refractivity contribution in [2.45, 2.75) is 6.92 Å². The van der Waals surface area contributed by atoms with Crippen molar-refractivity contribution in [3.05, 3.63) is 72.7 Å². The highest BCUT2D eigenvalue weighted by molar-refractivity contribution is 5.69. The lowest BCUT2D eigenvalue weighted by Crippen LogP contribution is -1.90. The third kappa shape index (κ3) is 2.38. The molecule has 0 saturated carbocycles. The van der Waals surface area contributed by atoms with E-state index in [9.17, 15) is 0 Å². The molecular weight excluding hydrogens is 232 g/mol. The maximum atomic E-state index is 4.39. The van der Waals surface area contributed by atoms with E-state index in [1.54, 1.807) is 12.4 Å². The summed E-state index contributed by atoms with van der Waals surface area (Å²) < 4.78 is 0. The molecule has 1 heterocycles. The minimum atomic E-state index is 0.946. The molecule has 1 aromatic heterocycles. The number of nitrogens with zero attached hydrogens (tertiary/aromatic N) is 2. The van der Waals surface area contributed by atoms with Gasteiger partial charge in [0.2, 0.25) is 0 Å². The van der Waals surface area contributed by atoms with Crippen molar-refractivity contribution in [3.8, 4) is 22.4 Å². The molecule has 19 heavy (non-hydrogen) atoms. The van der Waals surface area contributed by atoms with Crippen LogP contribution in [0.1, 0.15) is 5.69 Å². The highest BCUT2D eigenvalue weighted by atomic mass is 14.8. The summed E-state index contributed by atoms with van der Waals surface area (Å²) in [5.74, 6) is 0. The summed E-state index contributed by atoms with van der Waals surface area (Å²) in [7, 11) is 0. The van der Waals surface area contributed by atoms with Gasteiger partial charge in [0.1, 0.15) is 0 Å². The quantitative estimate of drug-likeness (QED) is 0.679. The molecule has 2 nitrogen and oxygen atoms in total. The van der Waals surface area contributed by atoms with Gasteiger partial charge >= 0.3 is 0 Å². The minimum Gasteiger partial charge on any atom is -0.258 e. The second kappa shape index (κ2) is 5.02. The summed E-state index contributed by atoms with van der Waals surface area (Å²) in [5.41, 5.74) is 5.44. The summed E-state index contributed by atoms with van der Waals surface area (Å²) in [6, 6.07) is 18.8. The maximum absolute atomic E-state index is 4.39. The van der Waals surface area contributed by atoms with Gasteiger partial charge in [-0.15, -0.1) is 0 Å². The fraction of sp³-hybridized carbons (Fsp3) is 0.0588. The molecule has 2 aromatic carbocycles. The van der Waals surface area contributed by atoms with Crippen molar-refractivity contribution in [1.82, 2.24) is 9.97 Å². The molecule has 0 N–H and O–H groups in total. The topological polar surface area (TPSA) is 25.8 Å². The van der Waals surface area contributed by atoms with Crippen LogP contribution in [0, 0.1) is 6.92 Å². The fourth-order valence-electron chi connectivity index (χ4n) is 2.14. The average Bonchev–Trinajstić information content (AvgIpc) is 2.49. The molecule has 0 spiro atoms. The lowest BCUT2D eigenvalue weighted by atomic mass is 10.0. The van der Waals surface area contributed by atoms with Crippen molar-refractivity contribution in [3.63, 3.8) is 0 Å². The van der Waals surface area contributed by atoms with Crippen molar-refractivity contribution >= 4 is 0 Å². The van der Waals surface area contributed by atoms with Gasteiger partial charge in [0.05, 0.1) is 11.4 Å². The smallest absolute Gasteiger partial charge is 0.0914 e. The summed E-state index contributed by atoms with van der Waals surface area (Å²) in [4.78, 5) is 8.66. The van der Waals surface area contributed by atoms with Crippen molar-refractivity contribution in [1.29, 1.82) is 0 Å². The standard InChI is InChI=1S/C17H14N2/c1-13-17(19-12-11-18-13)16-9-7-15(8-10-16)14-5-3-2-4-6-14/h2-12H,1H3. The molecule has 0 atom stereocenters. The van der Waals surface area contributed by atoms with Crippen molar-refractivity contribution in [2.75, 3.05) is 0 Å². The first kappa shape index (κ1) is 11.6. The molecular formula is C17H14N2. The monoisotopic (exact) mass is 246 g/mol. The Balaban J connectivity index is 1.98. The molecule has 0 aliphatic heterocycles. The molecule has 0 saturated heterocycles. The van der Waals surface area contributed by atoms with Crippen LogP contribution >= 0.6 is 0 Å². The number of hydrogen-bond donors (Lipinski definition) is 0. The van der Waals surface area contributed by atoms with Gasteiger partial charge in [-0.25, -0.2) is 0 Å². The Labute approximate surface area is 112 Å². The Morgan fingerprint density at radius 1 is 0.632 bits per heavy atom. The Bertz CT molecular complexity index is 673. The van der Waals surface area contributed by atoms with Crippen LogP contribution in [0.5, 0.6) is 0 Å². The van der Waals surface area contributed by atoms with E-state index in [1.165, 1.54) is 11.1 Å². The predicted octanol–water partition coefficient (Wildman–Crippen LogP) is 4.12. The highest BCUT2D eigenvalue weighted by Crippen LogP contribution is 2.24. The summed E-state index contributed by atoms with van der Waals surface area (Å²) >= 11 is 0. The lowest BCUT2D eigenvalue weighted by Gasteiger charge is -2.05. The summed E-state index contributed by atoms with van der Waals surface area (Å²) in [5, 5.41) is 0. The third-order valence-electron chi connectivity index (χ3n) is 3.15. The van der Waals surface area contributed by atoms with Crippen LogP contribution in [-0.2, 0) is 0 Å². The van der Waals surface area contributed by atoms with Gasteiger partial charge in [-0.1, -0.05) is 54.6 Å². The normalized spacial score (nSPS) is 10.4. The molecule has 0 bridgehead atoms. The van der Waals surface area contributed by atoms with E-state index < -0.39 is 0 Å². The fourth-order valence-corrected chi connectivity index (χ4v) is 2.14. The second-order valence-corrected chi connectivity index (χ2v) is 4.43. The molecule has 0 unspecified atom stereocenters. The Morgan fingerprint density at radius 3 is 1.89 bits per heavy atom. The molecule has 0 aliphatic rings. The third-order valence-corrected chi connectivity index (χ3v) is 3.15. The van der Waals surface area contributed by atoms with Gasteiger partial charge in [-0.2, -0.15) is 0 Å². The van der Waals surface area contributed by atoms with Crippen molar-refractivity contribution < 1.29 is 0 Å². The molecule has 2 heteroatoms. The van der Waals surface area contributed by atoms with E-state index in [4.69, 9.17) is 0 Å². The summed E-state index contributed by atoms with van der Waals surface area (Å²) in [6.07, 6.45) is 3.45. The van der Waals surface area contributed by atoms with Gasteiger partial charge < -0.3 is 0 Å². The molecule has 0 fully saturated rings. The van der Waals surface area contributed by atoms with Crippen LogP contribution < -0.4 is 0 Å². The minimum absolute atomic E-state index is 0.946. The summed E-state index contributed by atoms with van der Waals surface area (Å²) in [6.45, 7) is 1.98. The zero-order valence-electron chi connectivity index (χ0n) is 10.7. The van der Waals surface area contributed by atoms with Crippen molar-refractivity contribution in [2.24, 2.45) is 0 Å². The van der Waals surface area contributed by atoms with Crippen LogP contribution in [0.4, 0.5) is 0 Å².